The van der Waals surface area contributed by atoms with Crippen molar-refractivity contribution in [3.05, 3.63) is 53.0 Å². The lowest BCUT2D eigenvalue weighted by Crippen LogP contribution is -2.39. The van der Waals surface area contributed by atoms with Gasteiger partial charge in [0, 0.05) is 24.6 Å². The zero-order valence-electron chi connectivity index (χ0n) is 17.8. The van der Waals surface area contributed by atoms with Crippen LogP contribution in [0.3, 0.4) is 0 Å². The van der Waals surface area contributed by atoms with E-state index in [-0.39, 0.29) is 11.8 Å². The van der Waals surface area contributed by atoms with Gasteiger partial charge in [-0.25, -0.2) is 4.98 Å². The van der Waals surface area contributed by atoms with Gasteiger partial charge in [-0.2, -0.15) is 0 Å². The molecule has 2 aromatic carbocycles. The number of hydrogen-bond acceptors (Lipinski definition) is 5. The van der Waals surface area contributed by atoms with Crippen molar-refractivity contribution >= 4 is 27.5 Å². The maximum absolute atomic E-state index is 13.2. The Morgan fingerprint density at radius 2 is 2.07 bits per heavy atom. The number of carbonyl (C=O) groups is 1. The molecule has 1 amide bonds. The minimum atomic E-state index is 0.0366. The highest BCUT2D eigenvalue weighted by Crippen LogP contribution is 2.34. The minimum absolute atomic E-state index is 0.0366. The number of piperidine rings is 1. The molecule has 1 aliphatic rings. The van der Waals surface area contributed by atoms with Crippen molar-refractivity contribution in [3.8, 4) is 11.5 Å². The van der Waals surface area contributed by atoms with Crippen molar-refractivity contribution < 1.29 is 14.3 Å². The largest absolute Gasteiger partial charge is 0.493 e. The summed E-state index contributed by atoms with van der Waals surface area (Å²) in [6, 6.07) is 13.7. The highest BCUT2D eigenvalue weighted by molar-refractivity contribution is 7.18. The van der Waals surface area contributed by atoms with Crippen LogP contribution in [0.2, 0.25) is 0 Å². The first kappa shape index (κ1) is 20.7. The number of benzene rings is 2. The zero-order valence-corrected chi connectivity index (χ0v) is 18.6. The number of fused-ring (bicyclic) bond motifs is 1. The summed E-state index contributed by atoms with van der Waals surface area (Å²) in [7, 11) is 1.61. The molecule has 2 heterocycles. The number of nitrogens with zero attached hydrogens (tertiary/aromatic N) is 2. The van der Waals surface area contributed by atoms with E-state index >= 15 is 0 Å². The van der Waals surface area contributed by atoms with Gasteiger partial charge in [0.1, 0.15) is 0 Å². The Morgan fingerprint density at radius 1 is 1.23 bits per heavy atom. The molecule has 4 rings (SSSR count). The summed E-state index contributed by atoms with van der Waals surface area (Å²) < 4.78 is 12.5. The van der Waals surface area contributed by atoms with Crippen molar-refractivity contribution in [1.82, 2.24) is 9.88 Å². The Labute approximate surface area is 181 Å². The summed E-state index contributed by atoms with van der Waals surface area (Å²) in [4.78, 5) is 20.0. The summed E-state index contributed by atoms with van der Waals surface area (Å²) in [5.41, 5.74) is 1.68. The maximum atomic E-state index is 13.2. The van der Waals surface area contributed by atoms with E-state index in [9.17, 15) is 4.79 Å². The predicted octanol–water partition coefficient (Wildman–Crippen LogP) is 5.36. The monoisotopic (exact) mass is 424 g/mol. The van der Waals surface area contributed by atoms with Crippen LogP contribution in [0.25, 0.3) is 10.2 Å². The molecule has 0 unspecified atom stereocenters. The lowest BCUT2D eigenvalue weighted by Gasteiger charge is -2.32. The number of likely N-dealkylation sites (tertiary alicyclic amines) is 1. The van der Waals surface area contributed by atoms with Crippen LogP contribution in [0.5, 0.6) is 11.5 Å². The number of aromatic nitrogens is 1. The number of carbonyl (C=O) groups excluding carboxylic acids is 1. The molecule has 1 saturated heterocycles. The fourth-order valence-corrected chi connectivity index (χ4v) is 4.88. The van der Waals surface area contributed by atoms with Crippen LogP contribution in [-0.4, -0.2) is 42.6 Å². The van der Waals surface area contributed by atoms with Gasteiger partial charge in [-0.1, -0.05) is 26.0 Å². The summed E-state index contributed by atoms with van der Waals surface area (Å²) >= 11 is 1.74. The van der Waals surface area contributed by atoms with Gasteiger partial charge in [0.05, 0.1) is 28.9 Å². The molecule has 0 aliphatic carbocycles. The Balaban J connectivity index is 1.49. The smallest absolute Gasteiger partial charge is 0.254 e. The first-order chi connectivity index (χ1) is 14.5. The second kappa shape index (κ2) is 9.04. The SMILES string of the molecule is COc1cc(C(=O)N2CCC[C@H](c3nc4ccccc4s3)C2)ccc1OCC(C)C. The number of ether oxygens (including phenoxy) is 2. The van der Waals surface area contributed by atoms with E-state index in [0.29, 0.717) is 36.1 Å². The van der Waals surface area contributed by atoms with E-state index in [1.807, 2.05) is 29.2 Å². The summed E-state index contributed by atoms with van der Waals surface area (Å²) in [6.45, 7) is 6.28. The third-order valence-corrected chi connectivity index (χ3v) is 6.55. The van der Waals surface area contributed by atoms with Crippen LogP contribution >= 0.6 is 11.3 Å². The van der Waals surface area contributed by atoms with E-state index in [1.54, 1.807) is 24.5 Å². The van der Waals surface area contributed by atoms with Crippen molar-refractivity contribution in [2.45, 2.75) is 32.6 Å². The van der Waals surface area contributed by atoms with Crippen LogP contribution in [0, 0.1) is 5.92 Å². The molecule has 1 fully saturated rings. The normalized spacial score (nSPS) is 16.8. The molecule has 0 radical (unpaired) electrons. The molecular formula is C24H28N2O3S. The number of thiazole rings is 1. The van der Waals surface area contributed by atoms with Crippen LogP contribution in [0.4, 0.5) is 0 Å². The topological polar surface area (TPSA) is 51.7 Å². The lowest BCUT2D eigenvalue weighted by atomic mass is 9.98. The van der Waals surface area contributed by atoms with Crippen LogP contribution in [0.1, 0.15) is 48.0 Å². The molecule has 0 N–H and O–H groups in total. The van der Waals surface area contributed by atoms with Crippen molar-refractivity contribution in [3.63, 3.8) is 0 Å². The number of amides is 1. The van der Waals surface area contributed by atoms with Crippen molar-refractivity contribution in [1.29, 1.82) is 0 Å². The predicted molar refractivity (Wildman–Crippen MR) is 121 cm³/mol. The van der Waals surface area contributed by atoms with Gasteiger partial charge in [0.25, 0.3) is 5.91 Å². The molecule has 6 heteroatoms. The van der Waals surface area contributed by atoms with E-state index < -0.39 is 0 Å². The van der Waals surface area contributed by atoms with Crippen molar-refractivity contribution in [2.24, 2.45) is 5.92 Å². The standard InChI is InChI=1S/C24H28N2O3S/c1-16(2)15-29-20-11-10-17(13-21(20)28-3)24(27)26-12-6-7-18(14-26)23-25-19-8-4-5-9-22(19)30-23/h4-5,8-11,13,16,18H,6-7,12,14-15H2,1-3H3/t18-/m0/s1. The first-order valence-electron chi connectivity index (χ1n) is 10.5. The second-order valence-corrected chi connectivity index (χ2v) is 9.24. The average molecular weight is 425 g/mol. The number of methoxy groups -OCH3 is 1. The number of rotatable bonds is 6. The Bertz CT molecular complexity index is 997. The van der Waals surface area contributed by atoms with Gasteiger partial charge in [-0.05, 0) is 49.1 Å². The highest BCUT2D eigenvalue weighted by Gasteiger charge is 2.28. The van der Waals surface area contributed by atoms with Gasteiger partial charge < -0.3 is 14.4 Å². The van der Waals surface area contributed by atoms with Crippen LogP contribution < -0.4 is 9.47 Å². The molecule has 1 aliphatic heterocycles. The molecule has 158 valence electrons. The van der Waals surface area contributed by atoms with Crippen LogP contribution in [-0.2, 0) is 0 Å². The van der Waals surface area contributed by atoms with E-state index in [0.717, 1.165) is 29.9 Å². The number of hydrogen-bond donors (Lipinski definition) is 0. The van der Waals surface area contributed by atoms with Gasteiger partial charge in [-0.3, -0.25) is 4.79 Å². The molecule has 5 nitrogen and oxygen atoms in total. The Kier molecular flexibility index (Phi) is 6.23. The van der Waals surface area contributed by atoms with Gasteiger partial charge in [0.2, 0.25) is 0 Å². The maximum Gasteiger partial charge on any atom is 0.254 e. The Morgan fingerprint density at radius 3 is 2.83 bits per heavy atom. The lowest BCUT2D eigenvalue weighted by molar-refractivity contribution is 0.0706. The van der Waals surface area contributed by atoms with E-state index in [1.165, 1.54) is 4.70 Å². The molecule has 0 saturated carbocycles. The molecular weight excluding hydrogens is 396 g/mol. The molecule has 30 heavy (non-hydrogen) atoms. The van der Waals surface area contributed by atoms with E-state index in [2.05, 4.69) is 26.0 Å². The summed E-state index contributed by atoms with van der Waals surface area (Å²) in [6.07, 6.45) is 2.05. The molecule has 1 atom stereocenters. The highest BCUT2D eigenvalue weighted by atomic mass is 32.1. The van der Waals surface area contributed by atoms with Gasteiger partial charge in [-0.15, -0.1) is 11.3 Å². The third kappa shape index (κ3) is 4.43. The second-order valence-electron chi connectivity index (χ2n) is 8.18. The third-order valence-electron chi connectivity index (χ3n) is 5.35. The Hall–Kier alpha value is -2.60. The van der Waals surface area contributed by atoms with E-state index in [4.69, 9.17) is 14.5 Å². The first-order valence-corrected chi connectivity index (χ1v) is 11.3. The van der Waals surface area contributed by atoms with Crippen molar-refractivity contribution in [2.75, 3.05) is 26.8 Å². The molecule has 3 aromatic rings. The quantitative estimate of drug-likeness (QED) is 0.535. The molecule has 0 bridgehead atoms. The van der Waals surface area contributed by atoms with Crippen LogP contribution in [0.15, 0.2) is 42.5 Å². The zero-order chi connectivity index (χ0) is 21.1. The minimum Gasteiger partial charge on any atom is -0.493 e. The molecule has 0 spiro atoms. The fourth-order valence-electron chi connectivity index (χ4n) is 3.79. The average Bonchev–Trinajstić information content (AvgIpc) is 3.21. The van der Waals surface area contributed by atoms with Gasteiger partial charge in [0.15, 0.2) is 11.5 Å². The molecule has 1 aromatic heterocycles. The summed E-state index contributed by atoms with van der Waals surface area (Å²) in [5, 5.41) is 1.13. The van der Waals surface area contributed by atoms with Gasteiger partial charge >= 0.3 is 0 Å². The fraction of sp³-hybridized carbons (Fsp3) is 0.417. The summed E-state index contributed by atoms with van der Waals surface area (Å²) in [5.74, 6) is 2.02. The number of para-hydroxylation sites is 1.